The summed E-state index contributed by atoms with van der Waals surface area (Å²) in [4.78, 5) is 22.3. The van der Waals surface area contributed by atoms with Gasteiger partial charge in [0.25, 0.3) is 0 Å². The number of methoxy groups -OCH3 is 1. The van der Waals surface area contributed by atoms with Crippen LogP contribution >= 0.6 is 0 Å². The molecule has 2 N–H and O–H groups in total. The number of pyridine rings is 2. The summed E-state index contributed by atoms with van der Waals surface area (Å²) in [5.74, 6) is 2.38. The van der Waals surface area contributed by atoms with Crippen molar-refractivity contribution in [3.05, 3.63) is 94.0 Å². The van der Waals surface area contributed by atoms with E-state index < -0.39 is 0 Å². The largest absolute Gasteiger partial charge is 0.497 e. The number of benzene rings is 2. The van der Waals surface area contributed by atoms with Crippen molar-refractivity contribution in [2.24, 2.45) is 0 Å². The van der Waals surface area contributed by atoms with Crippen molar-refractivity contribution in [3.63, 3.8) is 0 Å². The number of ether oxygens (including phenoxy) is 3. The molecule has 0 spiro atoms. The SMILES string of the molecule is COc1ccnc(C(C)Nc2ccc3c(c2)Cc2cccc(-c4cc(N5CCOCC5)cc(=O)[nH]4)c2O3)c1. The van der Waals surface area contributed by atoms with E-state index >= 15 is 0 Å². The molecule has 2 aromatic carbocycles. The van der Waals surface area contributed by atoms with Gasteiger partial charge in [-0.3, -0.25) is 9.78 Å². The summed E-state index contributed by atoms with van der Waals surface area (Å²) in [6.07, 6.45) is 2.48. The highest BCUT2D eigenvalue weighted by Gasteiger charge is 2.23. The number of hydrogen-bond donors (Lipinski definition) is 2. The van der Waals surface area contributed by atoms with E-state index in [4.69, 9.17) is 14.2 Å². The summed E-state index contributed by atoms with van der Waals surface area (Å²) in [5, 5.41) is 3.54. The van der Waals surface area contributed by atoms with E-state index in [0.29, 0.717) is 13.2 Å². The Hall–Kier alpha value is -4.30. The topological polar surface area (TPSA) is 88.7 Å². The molecule has 0 amide bonds. The maximum Gasteiger partial charge on any atom is 0.250 e. The van der Waals surface area contributed by atoms with Gasteiger partial charge in [0.05, 0.1) is 37.8 Å². The van der Waals surface area contributed by atoms with E-state index in [1.807, 2.05) is 42.5 Å². The zero-order valence-corrected chi connectivity index (χ0v) is 21.5. The maximum atomic E-state index is 12.6. The molecule has 6 rings (SSSR count). The van der Waals surface area contributed by atoms with Crippen LogP contribution in [0.5, 0.6) is 17.2 Å². The summed E-state index contributed by atoms with van der Waals surface area (Å²) >= 11 is 0. The van der Waals surface area contributed by atoms with Crippen molar-refractivity contribution in [1.82, 2.24) is 9.97 Å². The van der Waals surface area contributed by atoms with Crippen LogP contribution in [0.3, 0.4) is 0 Å². The number of H-pyrrole nitrogens is 1. The lowest BCUT2D eigenvalue weighted by Crippen LogP contribution is -2.36. The molecule has 0 bridgehead atoms. The fourth-order valence-electron chi connectivity index (χ4n) is 5.07. The van der Waals surface area contributed by atoms with Gasteiger partial charge in [0.2, 0.25) is 5.56 Å². The summed E-state index contributed by atoms with van der Waals surface area (Å²) < 4.78 is 17.3. The zero-order chi connectivity index (χ0) is 26.1. The average Bonchev–Trinajstić information content (AvgIpc) is 2.96. The van der Waals surface area contributed by atoms with Crippen LogP contribution in [-0.2, 0) is 11.2 Å². The first-order valence-corrected chi connectivity index (χ1v) is 12.8. The van der Waals surface area contributed by atoms with Crippen LogP contribution in [0.25, 0.3) is 11.3 Å². The van der Waals surface area contributed by atoms with Gasteiger partial charge in [-0.25, -0.2) is 0 Å². The van der Waals surface area contributed by atoms with E-state index in [9.17, 15) is 4.79 Å². The van der Waals surface area contributed by atoms with Crippen molar-refractivity contribution in [1.29, 1.82) is 0 Å². The molecule has 4 heterocycles. The Bertz CT molecular complexity index is 1530. The highest BCUT2D eigenvalue weighted by molar-refractivity contribution is 5.74. The smallest absolute Gasteiger partial charge is 0.250 e. The Balaban J connectivity index is 1.26. The number of nitrogens with one attached hydrogen (secondary N) is 2. The third kappa shape index (κ3) is 4.82. The van der Waals surface area contributed by atoms with Gasteiger partial charge in [0.1, 0.15) is 17.2 Å². The quantitative estimate of drug-likeness (QED) is 0.327. The first-order valence-electron chi connectivity index (χ1n) is 12.8. The Labute approximate surface area is 221 Å². The van der Waals surface area contributed by atoms with Crippen molar-refractivity contribution in [2.45, 2.75) is 19.4 Å². The minimum absolute atomic E-state index is 0.00196. The van der Waals surface area contributed by atoms with Crippen molar-refractivity contribution in [2.75, 3.05) is 43.6 Å². The first-order chi connectivity index (χ1) is 18.6. The molecule has 2 aliphatic heterocycles. The number of nitrogens with zero attached hydrogens (tertiary/aromatic N) is 2. The third-order valence-electron chi connectivity index (χ3n) is 7.06. The van der Waals surface area contributed by atoms with E-state index in [0.717, 1.165) is 76.2 Å². The molecule has 194 valence electrons. The summed E-state index contributed by atoms with van der Waals surface area (Å²) in [7, 11) is 1.66. The van der Waals surface area contributed by atoms with Crippen LogP contribution in [0, 0.1) is 0 Å². The lowest BCUT2D eigenvalue weighted by atomic mass is 9.96. The predicted molar refractivity (Wildman–Crippen MR) is 148 cm³/mol. The molecule has 0 saturated carbocycles. The predicted octanol–water partition coefficient (Wildman–Crippen LogP) is 5.15. The molecule has 8 heteroatoms. The second-order valence-corrected chi connectivity index (χ2v) is 9.60. The number of morpholine rings is 1. The molecule has 1 saturated heterocycles. The van der Waals surface area contributed by atoms with Crippen LogP contribution in [-0.4, -0.2) is 43.4 Å². The van der Waals surface area contributed by atoms with Gasteiger partial charge < -0.3 is 29.4 Å². The minimum atomic E-state index is -0.131. The number of para-hydroxylation sites is 1. The van der Waals surface area contributed by atoms with Crippen molar-refractivity contribution < 1.29 is 14.2 Å². The number of aromatic nitrogens is 2. The second kappa shape index (κ2) is 10.2. The molecule has 0 radical (unpaired) electrons. The van der Waals surface area contributed by atoms with Crippen LogP contribution in [0.4, 0.5) is 11.4 Å². The van der Waals surface area contributed by atoms with Crippen LogP contribution in [0.1, 0.15) is 29.8 Å². The van der Waals surface area contributed by atoms with Gasteiger partial charge in [0, 0.05) is 60.3 Å². The van der Waals surface area contributed by atoms with Crippen molar-refractivity contribution in [3.8, 4) is 28.5 Å². The van der Waals surface area contributed by atoms with E-state index in [1.165, 1.54) is 0 Å². The van der Waals surface area contributed by atoms with Gasteiger partial charge in [-0.2, -0.15) is 0 Å². The van der Waals surface area contributed by atoms with Gasteiger partial charge in [-0.15, -0.1) is 0 Å². The molecule has 4 aromatic rings. The second-order valence-electron chi connectivity index (χ2n) is 9.60. The molecule has 8 nitrogen and oxygen atoms in total. The zero-order valence-electron chi connectivity index (χ0n) is 21.5. The number of hydrogen-bond acceptors (Lipinski definition) is 7. The molecule has 1 atom stereocenters. The van der Waals surface area contributed by atoms with Crippen molar-refractivity contribution >= 4 is 11.4 Å². The maximum absolute atomic E-state index is 12.6. The van der Waals surface area contributed by atoms with Gasteiger partial charge >= 0.3 is 0 Å². The molecular formula is C30H30N4O4. The molecule has 38 heavy (non-hydrogen) atoms. The van der Waals surface area contributed by atoms with E-state index in [2.05, 4.69) is 39.2 Å². The minimum Gasteiger partial charge on any atom is -0.497 e. The molecule has 1 fully saturated rings. The molecule has 2 aliphatic rings. The van der Waals surface area contributed by atoms with Gasteiger partial charge in [-0.1, -0.05) is 12.1 Å². The lowest BCUT2D eigenvalue weighted by molar-refractivity contribution is 0.122. The van der Waals surface area contributed by atoms with Crippen LogP contribution < -0.4 is 25.2 Å². The fourth-order valence-corrected chi connectivity index (χ4v) is 5.07. The standard InChI is InChI=1S/C30H30N4O4/c1-19(26-18-24(36-2)8-9-31-26)32-22-6-7-28-21(15-22)14-20-4-3-5-25(30(20)38-28)27-16-23(17-29(35)33-27)34-10-12-37-13-11-34/h3-9,15-19,32H,10-14H2,1-2H3,(H,33,35). The lowest BCUT2D eigenvalue weighted by Gasteiger charge is -2.29. The summed E-state index contributed by atoms with van der Waals surface area (Å²) in [5.41, 5.74) is 6.46. The van der Waals surface area contributed by atoms with E-state index in [1.54, 1.807) is 19.4 Å². The molecule has 0 aliphatic carbocycles. The van der Waals surface area contributed by atoms with Gasteiger partial charge in [-0.05, 0) is 48.9 Å². The molecule has 2 aromatic heterocycles. The van der Waals surface area contributed by atoms with Crippen LogP contribution in [0.15, 0.2) is 71.7 Å². The Kier molecular flexibility index (Phi) is 6.47. The molecular weight excluding hydrogens is 480 g/mol. The summed E-state index contributed by atoms with van der Waals surface area (Å²) in [6, 6.07) is 19.7. The highest BCUT2D eigenvalue weighted by atomic mass is 16.5. The number of rotatable bonds is 6. The Morgan fingerprint density at radius 2 is 1.92 bits per heavy atom. The monoisotopic (exact) mass is 510 g/mol. The Morgan fingerprint density at radius 1 is 1.05 bits per heavy atom. The highest BCUT2D eigenvalue weighted by Crippen LogP contribution is 2.43. The number of fused-ring (bicyclic) bond motifs is 2. The normalized spacial score (nSPS) is 15.2. The summed E-state index contributed by atoms with van der Waals surface area (Å²) in [6.45, 7) is 4.93. The number of anilines is 2. The fraction of sp³-hybridized carbons (Fsp3) is 0.267. The third-order valence-corrected chi connectivity index (χ3v) is 7.06. The number of aromatic amines is 1. The van der Waals surface area contributed by atoms with Gasteiger partial charge in [0.15, 0.2) is 0 Å². The first kappa shape index (κ1) is 24.1. The molecule has 1 unspecified atom stereocenters. The average molecular weight is 511 g/mol. The van der Waals surface area contributed by atoms with Crippen LogP contribution in [0.2, 0.25) is 0 Å². The van der Waals surface area contributed by atoms with E-state index in [-0.39, 0.29) is 11.6 Å². The Morgan fingerprint density at radius 3 is 2.76 bits per heavy atom.